The van der Waals surface area contributed by atoms with Gasteiger partial charge < -0.3 is 15.4 Å². The zero-order chi connectivity index (χ0) is 16.1. The van der Waals surface area contributed by atoms with Gasteiger partial charge in [-0.1, -0.05) is 11.6 Å². The first-order valence-corrected chi connectivity index (χ1v) is 6.90. The van der Waals surface area contributed by atoms with Crippen molar-refractivity contribution in [3.8, 4) is 5.75 Å². The Balaban J connectivity index is 2.24. The molecule has 114 valence electrons. The van der Waals surface area contributed by atoms with E-state index in [2.05, 4.69) is 10.6 Å². The molecule has 2 N–H and O–H groups in total. The molecule has 2 amide bonds. The first-order valence-electron chi connectivity index (χ1n) is 6.52. The quantitative estimate of drug-likeness (QED) is 0.905. The number of methoxy groups -OCH3 is 1. The van der Waals surface area contributed by atoms with Crippen LogP contribution in [0.3, 0.4) is 0 Å². The second kappa shape index (κ2) is 6.95. The number of amides is 2. The number of hydrogen-bond donors (Lipinski definition) is 2. The molecule has 2 aromatic carbocycles. The van der Waals surface area contributed by atoms with Crippen molar-refractivity contribution in [3.63, 3.8) is 0 Å². The van der Waals surface area contributed by atoms with E-state index in [9.17, 15) is 9.59 Å². The lowest BCUT2D eigenvalue weighted by Crippen LogP contribution is -2.16. The highest BCUT2D eigenvalue weighted by Gasteiger charge is 2.13. The summed E-state index contributed by atoms with van der Waals surface area (Å²) < 4.78 is 5.06. The molecule has 0 saturated heterocycles. The number of rotatable bonds is 4. The van der Waals surface area contributed by atoms with Crippen LogP contribution in [0.2, 0.25) is 5.02 Å². The molecule has 0 fully saturated rings. The molecule has 0 spiro atoms. The van der Waals surface area contributed by atoms with Crippen molar-refractivity contribution in [2.24, 2.45) is 0 Å². The van der Waals surface area contributed by atoms with E-state index in [1.165, 1.54) is 13.0 Å². The molecular formula is C16H15ClN2O3. The van der Waals surface area contributed by atoms with Gasteiger partial charge in [-0.25, -0.2) is 0 Å². The maximum absolute atomic E-state index is 12.4. The lowest BCUT2D eigenvalue weighted by Gasteiger charge is -2.11. The lowest BCUT2D eigenvalue weighted by atomic mass is 10.1. The average molecular weight is 319 g/mol. The largest absolute Gasteiger partial charge is 0.497 e. The molecule has 0 atom stereocenters. The van der Waals surface area contributed by atoms with Crippen molar-refractivity contribution < 1.29 is 14.3 Å². The van der Waals surface area contributed by atoms with Gasteiger partial charge in [0.05, 0.1) is 18.4 Å². The fourth-order valence-corrected chi connectivity index (χ4v) is 2.05. The summed E-state index contributed by atoms with van der Waals surface area (Å²) in [5.41, 5.74) is 1.31. The number of benzene rings is 2. The van der Waals surface area contributed by atoms with E-state index >= 15 is 0 Å². The molecule has 0 aliphatic rings. The number of ether oxygens (including phenoxy) is 1. The molecule has 0 aliphatic carbocycles. The molecule has 0 bridgehead atoms. The summed E-state index contributed by atoms with van der Waals surface area (Å²) in [6, 6.07) is 11.6. The van der Waals surface area contributed by atoms with Crippen LogP contribution in [-0.4, -0.2) is 18.9 Å². The van der Waals surface area contributed by atoms with Gasteiger partial charge >= 0.3 is 0 Å². The minimum Gasteiger partial charge on any atom is -0.497 e. The number of nitrogens with one attached hydrogen (secondary N) is 2. The Bertz CT molecular complexity index is 699. The van der Waals surface area contributed by atoms with Crippen LogP contribution >= 0.6 is 11.6 Å². The topological polar surface area (TPSA) is 67.4 Å². The van der Waals surface area contributed by atoms with E-state index in [-0.39, 0.29) is 11.8 Å². The van der Waals surface area contributed by atoms with Crippen LogP contribution in [-0.2, 0) is 4.79 Å². The number of anilines is 2. The maximum Gasteiger partial charge on any atom is 0.257 e. The number of carbonyl (C=O) groups is 2. The molecule has 22 heavy (non-hydrogen) atoms. The van der Waals surface area contributed by atoms with E-state index in [4.69, 9.17) is 16.3 Å². The Kier molecular flexibility index (Phi) is 5.01. The summed E-state index contributed by atoms with van der Waals surface area (Å²) in [7, 11) is 1.57. The van der Waals surface area contributed by atoms with Gasteiger partial charge in [0.25, 0.3) is 5.91 Å². The Hall–Kier alpha value is -2.53. The normalized spacial score (nSPS) is 9.95. The van der Waals surface area contributed by atoms with Crippen LogP contribution in [0.15, 0.2) is 42.5 Å². The molecule has 0 unspecified atom stereocenters. The maximum atomic E-state index is 12.4. The van der Waals surface area contributed by atoms with Crippen molar-refractivity contribution in [1.29, 1.82) is 0 Å². The number of halogens is 1. The minimum atomic E-state index is -0.364. The zero-order valence-electron chi connectivity index (χ0n) is 12.1. The van der Waals surface area contributed by atoms with Crippen molar-refractivity contribution >= 4 is 34.8 Å². The van der Waals surface area contributed by atoms with Crippen LogP contribution in [0.4, 0.5) is 11.4 Å². The van der Waals surface area contributed by atoms with Crippen molar-refractivity contribution in [1.82, 2.24) is 0 Å². The predicted octanol–water partition coefficient (Wildman–Crippen LogP) is 3.56. The molecule has 0 aromatic heterocycles. The summed E-state index contributed by atoms with van der Waals surface area (Å²) in [6.07, 6.45) is 0. The molecule has 0 radical (unpaired) electrons. The first kappa shape index (κ1) is 15.9. The average Bonchev–Trinajstić information content (AvgIpc) is 2.49. The number of carbonyl (C=O) groups excluding carboxylic acids is 2. The smallest absolute Gasteiger partial charge is 0.257 e. The summed E-state index contributed by atoms with van der Waals surface area (Å²) in [4.78, 5) is 23.6. The molecule has 0 heterocycles. The molecule has 6 heteroatoms. The standard InChI is InChI=1S/C16H15ClN2O3/c1-10(20)18-15-8-3-11(17)9-14(15)16(21)19-12-4-6-13(22-2)7-5-12/h3-9H,1-2H3,(H,18,20)(H,19,21). The van der Waals surface area contributed by atoms with E-state index in [1.807, 2.05) is 0 Å². The summed E-state index contributed by atoms with van der Waals surface area (Å²) >= 11 is 5.93. The summed E-state index contributed by atoms with van der Waals surface area (Å²) in [5, 5.41) is 5.76. The molecular weight excluding hydrogens is 304 g/mol. The van der Waals surface area contributed by atoms with Gasteiger partial charge in [0, 0.05) is 17.6 Å². The molecule has 2 aromatic rings. The highest BCUT2D eigenvalue weighted by molar-refractivity contribution is 6.31. The zero-order valence-corrected chi connectivity index (χ0v) is 12.9. The van der Waals surface area contributed by atoms with Crippen molar-refractivity contribution in [3.05, 3.63) is 53.1 Å². The Morgan fingerprint density at radius 1 is 1.05 bits per heavy atom. The Morgan fingerprint density at radius 3 is 2.32 bits per heavy atom. The van der Waals surface area contributed by atoms with Crippen molar-refractivity contribution in [2.75, 3.05) is 17.7 Å². The SMILES string of the molecule is COc1ccc(NC(=O)c2cc(Cl)ccc2NC(C)=O)cc1. The van der Waals surface area contributed by atoms with Gasteiger partial charge in [0.2, 0.25) is 5.91 Å². The molecule has 5 nitrogen and oxygen atoms in total. The van der Waals surface area contributed by atoms with E-state index in [0.29, 0.717) is 27.7 Å². The van der Waals surface area contributed by atoms with Crippen molar-refractivity contribution in [2.45, 2.75) is 6.92 Å². The van der Waals surface area contributed by atoms with Crippen LogP contribution < -0.4 is 15.4 Å². The van der Waals surface area contributed by atoms with Crippen LogP contribution in [0.25, 0.3) is 0 Å². The lowest BCUT2D eigenvalue weighted by molar-refractivity contribution is -0.114. The second-order valence-corrected chi connectivity index (χ2v) is 4.99. The van der Waals surface area contributed by atoms with Crippen LogP contribution in [0.1, 0.15) is 17.3 Å². The van der Waals surface area contributed by atoms with Crippen LogP contribution in [0.5, 0.6) is 5.75 Å². The third-order valence-corrected chi connectivity index (χ3v) is 3.12. The van der Waals surface area contributed by atoms with Gasteiger partial charge in [-0.3, -0.25) is 9.59 Å². The third kappa shape index (κ3) is 3.99. The second-order valence-electron chi connectivity index (χ2n) is 4.55. The Morgan fingerprint density at radius 2 is 1.73 bits per heavy atom. The van der Waals surface area contributed by atoms with Gasteiger partial charge in [0.1, 0.15) is 5.75 Å². The minimum absolute atomic E-state index is 0.263. The van der Waals surface area contributed by atoms with Gasteiger partial charge in [-0.2, -0.15) is 0 Å². The predicted molar refractivity (Wildman–Crippen MR) is 86.7 cm³/mol. The van der Waals surface area contributed by atoms with E-state index in [0.717, 1.165) is 0 Å². The van der Waals surface area contributed by atoms with Gasteiger partial charge in [-0.05, 0) is 42.5 Å². The highest BCUT2D eigenvalue weighted by atomic mass is 35.5. The fraction of sp³-hybridized carbons (Fsp3) is 0.125. The molecule has 0 saturated carbocycles. The molecule has 0 aliphatic heterocycles. The van der Waals surface area contributed by atoms with E-state index in [1.54, 1.807) is 43.5 Å². The van der Waals surface area contributed by atoms with Gasteiger partial charge in [0.15, 0.2) is 0 Å². The fourth-order valence-electron chi connectivity index (χ4n) is 1.88. The molecule has 2 rings (SSSR count). The van der Waals surface area contributed by atoms with Gasteiger partial charge in [-0.15, -0.1) is 0 Å². The first-order chi connectivity index (χ1) is 10.5. The van der Waals surface area contributed by atoms with Crippen LogP contribution in [0, 0.1) is 0 Å². The summed E-state index contributed by atoms with van der Waals surface area (Å²) in [6.45, 7) is 1.37. The third-order valence-electron chi connectivity index (χ3n) is 2.88. The van der Waals surface area contributed by atoms with E-state index < -0.39 is 0 Å². The summed E-state index contributed by atoms with van der Waals surface area (Å²) in [5.74, 6) is 0.0666. The monoisotopic (exact) mass is 318 g/mol. The number of hydrogen-bond acceptors (Lipinski definition) is 3. The highest BCUT2D eigenvalue weighted by Crippen LogP contribution is 2.23. The Labute approximate surface area is 133 Å².